The molecule has 1 aliphatic rings. The van der Waals surface area contributed by atoms with Crippen LogP contribution in [0.2, 0.25) is 0 Å². The summed E-state index contributed by atoms with van der Waals surface area (Å²) in [5, 5.41) is 5.85. The van der Waals surface area contributed by atoms with Gasteiger partial charge < -0.3 is 15.4 Å². The summed E-state index contributed by atoms with van der Waals surface area (Å²) in [5.41, 5.74) is 0.435. The Hall–Kier alpha value is -1.47. The highest BCUT2D eigenvalue weighted by atomic mass is 35.5. The molecule has 8 heteroatoms. The normalized spacial score (nSPS) is 18.2. The lowest BCUT2D eigenvalue weighted by Crippen LogP contribution is -2.37. The lowest BCUT2D eigenvalue weighted by atomic mass is 9.99. The average Bonchev–Trinajstić information content (AvgIpc) is 2.46. The molecular formula is C14H18ClF3N2O2. The molecule has 0 spiro atoms. The Balaban J connectivity index is 0.00000242. The van der Waals surface area contributed by atoms with E-state index in [1.54, 1.807) is 12.1 Å². The minimum absolute atomic E-state index is 0. The molecule has 1 amide bonds. The van der Waals surface area contributed by atoms with Gasteiger partial charge in [0.25, 0.3) is 0 Å². The molecule has 0 aliphatic carbocycles. The number of ether oxygens (including phenoxy) is 1. The molecule has 1 heterocycles. The van der Waals surface area contributed by atoms with Crippen molar-refractivity contribution >= 4 is 24.0 Å². The first-order chi connectivity index (χ1) is 9.94. The first-order valence-electron chi connectivity index (χ1n) is 6.75. The van der Waals surface area contributed by atoms with E-state index in [1.165, 1.54) is 12.1 Å². The maximum atomic E-state index is 12.1. The molecule has 1 aromatic rings. The molecule has 1 unspecified atom stereocenters. The summed E-state index contributed by atoms with van der Waals surface area (Å²) in [6, 6.07) is 5.97. The summed E-state index contributed by atoms with van der Waals surface area (Å²) < 4.78 is 40.9. The van der Waals surface area contributed by atoms with Gasteiger partial charge in [-0.3, -0.25) is 4.79 Å². The van der Waals surface area contributed by atoms with Crippen LogP contribution in [-0.4, -0.2) is 31.8 Å². The first kappa shape index (κ1) is 18.6. The van der Waals surface area contributed by atoms with Crippen LogP contribution in [0.3, 0.4) is 0 Å². The molecule has 0 saturated carbocycles. The first-order valence-corrected chi connectivity index (χ1v) is 6.75. The maximum Gasteiger partial charge on any atom is 0.422 e. The number of alkyl halides is 3. The fourth-order valence-corrected chi connectivity index (χ4v) is 2.15. The van der Waals surface area contributed by atoms with Gasteiger partial charge in [0, 0.05) is 18.3 Å². The highest BCUT2D eigenvalue weighted by molar-refractivity contribution is 5.92. The molecule has 1 aromatic carbocycles. The van der Waals surface area contributed by atoms with Crippen LogP contribution in [0.1, 0.15) is 12.8 Å². The Kier molecular flexibility index (Phi) is 6.96. The summed E-state index contributed by atoms with van der Waals surface area (Å²) in [4.78, 5) is 12.0. The topological polar surface area (TPSA) is 50.4 Å². The fraction of sp³-hybridized carbons (Fsp3) is 0.500. The predicted molar refractivity (Wildman–Crippen MR) is 79.5 cm³/mol. The van der Waals surface area contributed by atoms with Gasteiger partial charge in [-0.25, -0.2) is 0 Å². The third-order valence-electron chi connectivity index (χ3n) is 3.17. The molecule has 124 valence electrons. The van der Waals surface area contributed by atoms with Crippen molar-refractivity contribution in [3.63, 3.8) is 0 Å². The predicted octanol–water partition coefficient (Wildman–Crippen LogP) is 2.99. The van der Waals surface area contributed by atoms with Gasteiger partial charge in [0.2, 0.25) is 5.91 Å². The smallest absolute Gasteiger partial charge is 0.422 e. The molecule has 4 nitrogen and oxygen atoms in total. The maximum absolute atomic E-state index is 12.1. The van der Waals surface area contributed by atoms with E-state index < -0.39 is 12.8 Å². The Morgan fingerprint density at radius 1 is 1.41 bits per heavy atom. The van der Waals surface area contributed by atoms with E-state index in [1.807, 2.05) is 0 Å². The fourth-order valence-electron chi connectivity index (χ4n) is 2.15. The number of nitrogens with one attached hydrogen (secondary N) is 2. The van der Waals surface area contributed by atoms with Crippen LogP contribution in [0, 0.1) is 5.92 Å². The second-order valence-corrected chi connectivity index (χ2v) is 4.96. The third kappa shape index (κ3) is 6.11. The molecule has 2 N–H and O–H groups in total. The Morgan fingerprint density at radius 2 is 2.18 bits per heavy atom. The highest BCUT2D eigenvalue weighted by Crippen LogP contribution is 2.22. The Morgan fingerprint density at radius 3 is 2.82 bits per heavy atom. The van der Waals surface area contributed by atoms with Gasteiger partial charge in [0.1, 0.15) is 5.75 Å². The molecule has 0 aromatic heterocycles. The van der Waals surface area contributed by atoms with Gasteiger partial charge in [-0.15, -0.1) is 12.4 Å². The van der Waals surface area contributed by atoms with E-state index in [4.69, 9.17) is 0 Å². The number of halogens is 4. The van der Waals surface area contributed by atoms with Crippen LogP contribution >= 0.6 is 12.4 Å². The number of anilines is 1. The van der Waals surface area contributed by atoms with Gasteiger partial charge in [-0.1, -0.05) is 6.07 Å². The number of hydrogen-bond acceptors (Lipinski definition) is 3. The minimum atomic E-state index is -4.38. The van der Waals surface area contributed by atoms with Crippen molar-refractivity contribution in [3.05, 3.63) is 24.3 Å². The zero-order valence-electron chi connectivity index (χ0n) is 11.8. The van der Waals surface area contributed by atoms with Gasteiger partial charge in [0.15, 0.2) is 6.61 Å². The Labute approximate surface area is 132 Å². The summed E-state index contributed by atoms with van der Waals surface area (Å²) in [7, 11) is 0. The van der Waals surface area contributed by atoms with E-state index in [9.17, 15) is 18.0 Å². The van der Waals surface area contributed by atoms with Crippen LogP contribution in [0.25, 0.3) is 0 Å². The van der Waals surface area contributed by atoms with Crippen molar-refractivity contribution in [1.82, 2.24) is 5.32 Å². The molecule has 1 aliphatic heterocycles. The second kappa shape index (κ2) is 8.24. The van der Waals surface area contributed by atoms with Gasteiger partial charge in [-0.2, -0.15) is 13.2 Å². The number of amides is 1. The second-order valence-electron chi connectivity index (χ2n) is 4.96. The van der Waals surface area contributed by atoms with E-state index >= 15 is 0 Å². The molecule has 1 saturated heterocycles. The SMILES string of the molecule is Cl.O=C(Nc1cccc(OCC(F)(F)F)c1)C1CCCNC1. The zero-order valence-corrected chi connectivity index (χ0v) is 12.6. The van der Waals surface area contributed by atoms with Crippen LogP contribution in [0.5, 0.6) is 5.75 Å². The standard InChI is InChI=1S/C14H17F3N2O2.ClH/c15-14(16,17)9-21-12-5-1-4-11(7-12)19-13(20)10-3-2-6-18-8-10;/h1,4-5,7,10,18H,2-3,6,8-9H2,(H,19,20);1H. The van der Waals surface area contributed by atoms with Gasteiger partial charge >= 0.3 is 6.18 Å². The summed E-state index contributed by atoms with van der Waals surface area (Å²) in [6.45, 7) is 0.178. The molecule has 2 rings (SSSR count). The monoisotopic (exact) mass is 338 g/mol. The number of carbonyl (C=O) groups excluding carboxylic acids is 1. The average molecular weight is 339 g/mol. The largest absolute Gasteiger partial charge is 0.484 e. The molecule has 0 bridgehead atoms. The van der Waals surface area contributed by atoms with E-state index in [-0.39, 0.29) is 30.0 Å². The Bertz CT molecular complexity index is 491. The summed E-state index contributed by atoms with van der Waals surface area (Å²) >= 11 is 0. The number of carbonyl (C=O) groups is 1. The van der Waals surface area contributed by atoms with Crippen molar-refractivity contribution in [2.24, 2.45) is 5.92 Å². The highest BCUT2D eigenvalue weighted by Gasteiger charge is 2.28. The van der Waals surface area contributed by atoms with Crippen molar-refractivity contribution in [2.45, 2.75) is 19.0 Å². The number of hydrogen-bond donors (Lipinski definition) is 2. The molecule has 1 atom stereocenters. The van der Waals surface area contributed by atoms with Crippen LogP contribution in [0.4, 0.5) is 18.9 Å². The molecule has 1 fully saturated rings. The van der Waals surface area contributed by atoms with Crippen LogP contribution in [-0.2, 0) is 4.79 Å². The van der Waals surface area contributed by atoms with Crippen molar-refractivity contribution in [2.75, 3.05) is 25.0 Å². The quantitative estimate of drug-likeness (QED) is 0.887. The molecular weight excluding hydrogens is 321 g/mol. The molecule has 22 heavy (non-hydrogen) atoms. The molecule has 0 radical (unpaired) electrons. The van der Waals surface area contributed by atoms with Crippen molar-refractivity contribution in [1.29, 1.82) is 0 Å². The van der Waals surface area contributed by atoms with Crippen LogP contribution < -0.4 is 15.4 Å². The van der Waals surface area contributed by atoms with Gasteiger partial charge in [-0.05, 0) is 31.5 Å². The van der Waals surface area contributed by atoms with Gasteiger partial charge in [0.05, 0.1) is 5.92 Å². The zero-order chi connectivity index (χ0) is 15.3. The van der Waals surface area contributed by atoms with E-state index in [0.717, 1.165) is 19.4 Å². The van der Waals surface area contributed by atoms with E-state index in [0.29, 0.717) is 12.2 Å². The lowest BCUT2D eigenvalue weighted by molar-refractivity contribution is -0.153. The van der Waals surface area contributed by atoms with Crippen molar-refractivity contribution < 1.29 is 22.7 Å². The van der Waals surface area contributed by atoms with Crippen LogP contribution in [0.15, 0.2) is 24.3 Å². The minimum Gasteiger partial charge on any atom is -0.484 e. The van der Waals surface area contributed by atoms with E-state index in [2.05, 4.69) is 15.4 Å². The third-order valence-corrected chi connectivity index (χ3v) is 3.17. The number of piperidine rings is 1. The number of rotatable bonds is 4. The van der Waals surface area contributed by atoms with Crippen molar-refractivity contribution in [3.8, 4) is 5.75 Å². The number of benzene rings is 1. The lowest BCUT2D eigenvalue weighted by Gasteiger charge is -2.22. The summed E-state index contributed by atoms with van der Waals surface area (Å²) in [5.74, 6) is -0.166. The summed E-state index contributed by atoms with van der Waals surface area (Å²) in [6.07, 6.45) is -2.64.